The standard InChI is InChI=1S/C36H72N4O2.C30H63N/c1-4-7-10-13-16-19-22-25-37(26-23-20-17-14-11-8-5-2)28-29-38(27-24-21-18-15-12-9-6-3)34-36(42)40-32-30-39(35-41)31-33-40;1-4-7-9-11-13-15-17-19-21-23-25-27-29-31(6-3)30-28-26-24-22-20-18-16-14-12-10-8-5-2/h35H,4-34H2,1-3H3;4-30H2,1-3H3. The molecule has 1 fully saturated rings. The average Bonchev–Trinajstić information content (AvgIpc) is 3.41. The van der Waals surface area contributed by atoms with Crippen LogP contribution in [0.25, 0.3) is 0 Å². The number of hydrogen-bond acceptors (Lipinski definition) is 5. The van der Waals surface area contributed by atoms with Gasteiger partial charge in [0.1, 0.15) is 0 Å². The average molecular weight is 1030 g/mol. The third-order valence-electron chi connectivity index (χ3n) is 16.2. The first-order valence-corrected chi connectivity index (χ1v) is 33.6. The van der Waals surface area contributed by atoms with Crippen molar-refractivity contribution in [3.05, 3.63) is 0 Å². The highest BCUT2D eigenvalue weighted by Gasteiger charge is 2.22. The largest absolute Gasteiger partial charge is 0.342 e. The van der Waals surface area contributed by atoms with Crippen LogP contribution in [0.2, 0.25) is 0 Å². The van der Waals surface area contributed by atoms with E-state index in [0.29, 0.717) is 32.7 Å². The Morgan fingerprint density at radius 1 is 0.301 bits per heavy atom. The zero-order valence-electron chi connectivity index (χ0n) is 51.1. The number of hydrogen-bond donors (Lipinski definition) is 0. The summed E-state index contributed by atoms with van der Waals surface area (Å²) in [6, 6.07) is 0. The summed E-state index contributed by atoms with van der Waals surface area (Å²) in [7, 11) is 0. The summed E-state index contributed by atoms with van der Waals surface area (Å²) in [6.45, 7) is 26.4. The van der Waals surface area contributed by atoms with Crippen molar-refractivity contribution in [3.63, 3.8) is 0 Å². The van der Waals surface area contributed by atoms with Crippen molar-refractivity contribution < 1.29 is 9.59 Å². The zero-order valence-corrected chi connectivity index (χ0v) is 51.1. The lowest BCUT2D eigenvalue weighted by atomic mass is 10.0. The molecule has 0 N–H and O–H groups in total. The summed E-state index contributed by atoms with van der Waals surface area (Å²) < 4.78 is 0. The van der Waals surface area contributed by atoms with Crippen LogP contribution in [-0.4, -0.2) is 122 Å². The minimum Gasteiger partial charge on any atom is -0.342 e. The second-order valence-corrected chi connectivity index (χ2v) is 23.2. The van der Waals surface area contributed by atoms with Gasteiger partial charge in [0.15, 0.2) is 0 Å². The molecular formula is C66H135N5O2. The molecule has 1 heterocycles. The summed E-state index contributed by atoms with van der Waals surface area (Å²) in [4.78, 5) is 36.0. The molecule has 0 aromatic rings. The molecule has 0 bridgehead atoms. The quantitative estimate of drug-likeness (QED) is 0.0449. The maximum absolute atomic E-state index is 13.3. The van der Waals surface area contributed by atoms with Crippen molar-refractivity contribution in [2.45, 2.75) is 330 Å². The van der Waals surface area contributed by atoms with Gasteiger partial charge in [0.25, 0.3) is 0 Å². The molecule has 0 radical (unpaired) electrons. The smallest absolute Gasteiger partial charge is 0.236 e. The molecule has 1 aliphatic heterocycles. The Bertz CT molecular complexity index is 1020. The third-order valence-corrected chi connectivity index (χ3v) is 16.2. The number of amides is 2. The summed E-state index contributed by atoms with van der Waals surface area (Å²) in [5, 5.41) is 0. The molecule has 1 saturated heterocycles. The molecule has 436 valence electrons. The first-order chi connectivity index (χ1) is 36.0. The molecule has 73 heavy (non-hydrogen) atoms. The third kappa shape index (κ3) is 51.4. The Morgan fingerprint density at radius 2 is 0.534 bits per heavy atom. The van der Waals surface area contributed by atoms with Gasteiger partial charge in [0.2, 0.25) is 12.3 Å². The van der Waals surface area contributed by atoms with Crippen LogP contribution in [0.3, 0.4) is 0 Å². The van der Waals surface area contributed by atoms with Crippen LogP contribution in [0.4, 0.5) is 0 Å². The molecule has 7 heteroatoms. The van der Waals surface area contributed by atoms with Crippen molar-refractivity contribution in [2.75, 3.05) is 85.1 Å². The molecule has 0 aromatic heterocycles. The van der Waals surface area contributed by atoms with Crippen molar-refractivity contribution >= 4 is 12.3 Å². The maximum atomic E-state index is 13.3. The normalized spacial score (nSPS) is 12.9. The van der Waals surface area contributed by atoms with E-state index in [1.165, 1.54) is 322 Å². The molecule has 1 rings (SSSR count). The van der Waals surface area contributed by atoms with Gasteiger partial charge < -0.3 is 19.6 Å². The second kappa shape index (κ2) is 60.1. The molecule has 7 nitrogen and oxygen atoms in total. The van der Waals surface area contributed by atoms with Gasteiger partial charge in [-0.05, 0) is 71.4 Å². The fourth-order valence-corrected chi connectivity index (χ4v) is 10.9. The predicted octanol–water partition coefficient (Wildman–Crippen LogP) is 18.9. The van der Waals surface area contributed by atoms with E-state index in [-0.39, 0.29) is 5.91 Å². The van der Waals surface area contributed by atoms with E-state index in [1.54, 1.807) is 4.90 Å². The van der Waals surface area contributed by atoms with E-state index in [2.05, 4.69) is 56.2 Å². The highest BCUT2D eigenvalue weighted by molar-refractivity contribution is 5.78. The summed E-state index contributed by atoms with van der Waals surface area (Å²) >= 11 is 0. The number of carbonyl (C=O) groups is 2. The van der Waals surface area contributed by atoms with Gasteiger partial charge in [-0.1, -0.05) is 298 Å². The summed E-state index contributed by atoms with van der Waals surface area (Å²) in [5.41, 5.74) is 0. The van der Waals surface area contributed by atoms with Crippen LogP contribution < -0.4 is 0 Å². The Kier molecular flexibility index (Phi) is 59.1. The molecule has 0 saturated carbocycles. The first kappa shape index (κ1) is 71.8. The lowest BCUT2D eigenvalue weighted by molar-refractivity contribution is -0.136. The van der Waals surface area contributed by atoms with E-state index >= 15 is 0 Å². The van der Waals surface area contributed by atoms with E-state index in [0.717, 1.165) is 26.0 Å². The second-order valence-electron chi connectivity index (χ2n) is 23.2. The van der Waals surface area contributed by atoms with Crippen molar-refractivity contribution in [2.24, 2.45) is 0 Å². The van der Waals surface area contributed by atoms with Gasteiger partial charge in [-0.25, -0.2) is 0 Å². The number of carbonyl (C=O) groups excluding carboxylic acids is 2. The lowest BCUT2D eigenvalue weighted by Crippen LogP contribution is -2.51. The summed E-state index contributed by atoms with van der Waals surface area (Å²) in [6.07, 6.45) is 64.0. The van der Waals surface area contributed by atoms with E-state index in [1.807, 2.05) is 4.90 Å². The molecule has 0 aliphatic carbocycles. The molecule has 0 spiro atoms. The molecule has 0 aromatic carbocycles. The molecule has 1 aliphatic rings. The van der Waals surface area contributed by atoms with Crippen molar-refractivity contribution in [3.8, 4) is 0 Å². The fourth-order valence-electron chi connectivity index (χ4n) is 10.9. The molecular weight excluding hydrogens is 895 g/mol. The fraction of sp³-hybridized carbons (Fsp3) is 0.970. The van der Waals surface area contributed by atoms with Gasteiger partial charge in [-0.3, -0.25) is 14.5 Å². The Morgan fingerprint density at radius 3 is 0.795 bits per heavy atom. The molecule has 0 atom stereocenters. The Labute approximate surface area is 460 Å². The van der Waals surface area contributed by atoms with Gasteiger partial charge >= 0.3 is 0 Å². The highest BCUT2D eigenvalue weighted by atomic mass is 16.2. The van der Waals surface area contributed by atoms with Gasteiger partial charge in [-0.2, -0.15) is 0 Å². The minimum atomic E-state index is 0.245. The number of piperazine rings is 1. The predicted molar refractivity (Wildman–Crippen MR) is 325 cm³/mol. The monoisotopic (exact) mass is 1030 g/mol. The van der Waals surface area contributed by atoms with E-state index < -0.39 is 0 Å². The highest BCUT2D eigenvalue weighted by Crippen LogP contribution is 2.16. The Balaban J connectivity index is 0.00000149. The molecule has 0 unspecified atom stereocenters. The van der Waals surface area contributed by atoms with Crippen molar-refractivity contribution in [1.82, 2.24) is 24.5 Å². The van der Waals surface area contributed by atoms with Crippen LogP contribution in [0.15, 0.2) is 0 Å². The first-order valence-electron chi connectivity index (χ1n) is 33.6. The maximum Gasteiger partial charge on any atom is 0.236 e. The number of rotatable bonds is 57. The van der Waals surface area contributed by atoms with Crippen LogP contribution in [0.5, 0.6) is 0 Å². The topological polar surface area (TPSA) is 50.3 Å². The van der Waals surface area contributed by atoms with E-state index in [4.69, 9.17) is 0 Å². The van der Waals surface area contributed by atoms with Crippen LogP contribution in [0.1, 0.15) is 330 Å². The number of nitrogens with zero attached hydrogens (tertiary/aromatic N) is 5. The van der Waals surface area contributed by atoms with Crippen molar-refractivity contribution in [1.29, 1.82) is 0 Å². The zero-order chi connectivity index (χ0) is 53.2. The SMILES string of the molecule is CCCCCCCCCCCCCCN(CC)CCCCCCCCCCCCCC.CCCCCCCCCN(CCCCCCCCC)CCN(CCCCCCCCC)CC(=O)N1CCN(C=O)CC1. The van der Waals surface area contributed by atoms with Gasteiger partial charge in [0.05, 0.1) is 6.54 Å². The van der Waals surface area contributed by atoms with Crippen LogP contribution in [0, 0.1) is 0 Å². The van der Waals surface area contributed by atoms with E-state index in [9.17, 15) is 9.59 Å². The minimum absolute atomic E-state index is 0.245. The van der Waals surface area contributed by atoms with Crippen LogP contribution in [-0.2, 0) is 9.59 Å². The summed E-state index contributed by atoms with van der Waals surface area (Å²) in [5.74, 6) is 0.245. The number of unbranched alkanes of at least 4 members (excludes halogenated alkanes) is 40. The Hall–Kier alpha value is -1.18. The van der Waals surface area contributed by atoms with Gasteiger partial charge in [-0.15, -0.1) is 0 Å². The lowest BCUT2D eigenvalue weighted by Gasteiger charge is -2.34. The van der Waals surface area contributed by atoms with Crippen LogP contribution >= 0.6 is 0 Å². The van der Waals surface area contributed by atoms with Gasteiger partial charge in [0, 0.05) is 39.3 Å². The molecule has 2 amide bonds.